The molecule has 1 amide bonds. The number of hydrogen-bond acceptors (Lipinski definition) is 2. The number of hydrogen-bond donors (Lipinski definition) is 1. The van der Waals surface area contributed by atoms with E-state index in [1.54, 1.807) is 0 Å². The Morgan fingerprint density at radius 1 is 1.32 bits per heavy atom. The second kappa shape index (κ2) is 7.53. The summed E-state index contributed by atoms with van der Waals surface area (Å²) < 4.78 is 0. The first-order valence-corrected chi connectivity index (χ1v) is 7.84. The third-order valence-electron chi connectivity index (χ3n) is 4.15. The van der Waals surface area contributed by atoms with Crippen LogP contribution in [0.1, 0.15) is 72.1 Å². The quantitative estimate of drug-likeness (QED) is 0.689. The highest BCUT2D eigenvalue weighted by Gasteiger charge is 2.38. The van der Waals surface area contributed by atoms with E-state index in [1.807, 2.05) is 13.8 Å². The lowest BCUT2D eigenvalue weighted by molar-refractivity contribution is -0.129. The number of nitrogens with zero attached hydrogens (tertiary/aromatic N) is 1. The van der Waals surface area contributed by atoms with Crippen LogP contribution in [0.25, 0.3) is 0 Å². The molecule has 0 aromatic carbocycles. The maximum Gasteiger partial charge on any atom is 0.240 e. The minimum atomic E-state index is -0.805. The Bertz CT molecular complexity index is 322. The molecule has 0 aromatic heterocycles. The first-order valence-electron chi connectivity index (χ1n) is 7.84. The van der Waals surface area contributed by atoms with E-state index in [4.69, 9.17) is 0 Å². The van der Waals surface area contributed by atoms with Crippen LogP contribution in [0.2, 0.25) is 0 Å². The molecule has 0 radical (unpaired) electrons. The minimum Gasteiger partial charge on any atom is -0.352 e. The Morgan fingerprint density at radius 3 is 2.26 bits per heavy atom. The standard InChI is InChI=1S/C16H28N2O/c1-4-9-16(12-17,10-5-2)15(19)18-14(6-3)11-13-7-8-13/h13-14H,4-11H2,1-3H3,(H,18,19). The van der Waals surface area contributed by atoms with Crippen molar-refractivity contribution in [3.8, 4) is 6.07 Å². The van der Waals surface area contributed by atoms with E-state index in [1.165, 1.54) is 12.8 Å². The van der Waals surface area contributed by atoms with Crippen molar-refractivity contribution in [2.45, 2.75) is 78.2 Å². The molecular weight excluding hydrogens is 236 g/mol. The van der Waals surface area contributed by atoms with Gasteiger partial charge in [0.15, 0.2) is 0 Å². The fourth-order valence-electron chi connectivity index (χ4n) is 2.78. The predicted octanol–water partition coefficient (Wildman–Crippen LogP) is 3.79. The Kier molecular flexibility index (Phi) is 6.34. The van der Waals surface area contributed by atoms with Gasteiger partial charge < -0.3 is 5.32 Å². The van der Waals surface area contributed by atoms with Crippen molar-refractivity contribution in [2.24, 2.45) is 11.3 Å². The lowest BCUT2D eigenvalue weighted by atomic mass is 9.79. The third kappa shape index (κ3) is 4.53. The van der Waals surface area contributed by atoms with Crippen molar-refractivity contribution in [2.75, 3.05) is 0 Å². The van der Waals surface area contributed by atoms with E-state index in [-0.39, 0.29) is 11.9 Å². The van der Waals surface area contributed by atoms with Crippen LogP contribution in [0.3, 0.4) is 0 Å². The first-order chi connectivity index (χ1) is 9.11. The molecule has 0 heterocycles. The molecule has 1 fully saturated rings. The fraction of sp³-hybridized carbons (Fsp3) is 0.875. The molecule has 1 unspecified atom stereocenters. The number of nitriles is 1. The number of rotatable bonds is 9. The minimum absolute atomic E-state index is 0.0359. The zero-order valence-corrected chi connectivity index (χ0v) is 12.7. The summed E-state index contributed by atoms with van der Waals surface area (Å²) in [6, 6.07) is 2.55. The molecule has 108 valence electrons. The summed E-state index contributed by atoms with van der Waals surface area (Å²) in [6.07, 6.45) is 7.75. The van der Waals surface area contributed by atoms with Gasteiger partial charge >= 0.3 is 0 Å². The van der Waals surface area contributed by atoms with E-state index in [0.717, 1.165) is 31.6 Å². The van der Waals surface area contributed by atoms with Gasteiger partial charge in [0.2, 0.25) is 5.91 Å². The molecule has 0 aromatic rings. The highest BCUT2D eigenvalue weighted by Crippen LogP contribution is 2.35. The van der Waals surface area contributed by atoms with Gasteiger partial charge in [-0.05, 0) is 31.6 Å². The van der Waals surface area contributed by atoms with Crippen molar-refractivity contribution >= 4 is 5.91 Å². The van der Waals surface area contributed by atoms with Crippen molar-refractivity contribution in [1.29, 1.82) is 5.26 Å². The van der Waals surface area contributed by atoms with Crippen LogP contribution < -0.4 is 5.32 Å². The molecule has 0 aliphatic heterocycles. The topological polar surface area (TPSA) is 52.9 Å². The average molecular weight is 264 g/mol. The van der Waals surface area contributed by atoms with Crippen LogP contribution >= 0.6 is 0 Å². The molecule has 0 bridgehead atoms. The van der Waals surface area contributed by atoms with Gasteiger partial charge in [0.25, 0.3) is 0 Å². The third-order valence-corrected chi connectivity index (χ3v) is 4.15. The Balaban J connectivity index is 2.65. The van der Waals surface area contributed by atoms with Crippen LogP contribution in [-0.4, -0.2) is 11.9 Å². The SMILES string of the molecule is CCCC(C#N)(CCC)C(=O)NC(CC)CC1CC1. The van der Waals surface area contributed by atoms with Gasteiger partial charge in [-0.15, -0.1) is 0 Å². The lowest BCUT2D eigenvalue weighted by Crippen LogP contribution is -2.45. The van der Waals surface area contributed by atoms with Gasteiger partial charge in [0.1, 0.15) is 5.41 Å². The molecule has 1 aliphatic rings. The molecule has 1 saturated carbocycles. The van der Waals surface area contributed by atoms with E-state index in [9.17, 15) is 10.1 Å². The monoisotopic (exact) mass is 264 g/mol. The maximum atomic E-state index is 12.5. The highest BCUT2D eigenvalue weighted by molar-refractivity contribution is 5.85. The van der Waals surface area contributed by atoms with E-state index >= 15 is 0 Å². The van der Waals surface area contributed by atoms with Gasteiger partial charge in [-0.3, -0.25) is 4.79 Å². The average Bonchev–Trinajstić information content (AvgIpc) is 3.21. The normalized spacial score (nSPS) is 16.7. The predicted molar refractivity (Wildman–Crippen MR) is 77.4 cm³/mol. The molecule has 1 atom stereocenters. The second-order valence-corrected chi connectivity index (χ2v) is 5.95. The molecule has 0 spiro atoms. The summed E-state index contributed by atoms with van der Waals surface area (Å²) in [6.45, 7) is 6.19. The lowest BCUT2D eigenvalue weighted by Gasteiger charge is -2.27. The summed E-state index contributed by atoms with van der Waals surface area (Å²) in [5.74, 6) is 0.769. The first kappa shape index (κ1) is 16.0. The van der Waals surface area contributed by atoms with Crippen molar-refractivity contribution < 1.29 is 4.79 Å². The number of carbonyl (C=O) groups excluding carboxylic acids is 1. The van der Waals surface area contributed by atoms with E-state index in [0.29, 0.717) is 12.8 Å². The van der Waals surface area contributed by atoms with E-state index < -0.39 is 5.41 Å². The molecule has 19 heavy (non-hydrogen) atoms. The smallest absolute Gasteiger partial charge is 0.240 e. The molecule has 3 heteroatoms. The molecule has 1 rings (SSSR count). The van der Waals surface area contributed by atoms with Crippen molar-refractivity contribution in [3.05, 3.63) is 0 Å². The number of amides is 1. The summed E-state index contributed by atoms with van der Waals surface area (Å²) in [5, 5.41) is 12.6. The van der Waals surface area contributed by atoms with Crippen LogP contribution in [0.15, 0.2) is 0 Å². The summed E-state index contributed by atoms with van der Waals surface area (Å²) in [5.41, 5.74) is -0.805. The fourth-order valence-corrected chi connectivity index (χ4v) is 2.78. The van der Waals surface area contributed by atoms with Crippen LogP contribution in [0, 0.1) is 22.7 Å². The zero-order chi connectivity index (χ0) is 14.3. The van der Waals surface area contributed by atoms with Gasteiger partial charge in [-0.25, -0.2) is 0 Å². The molecular formula is C16H28N2O. The summed E-state index contributed by atoms with van der Waals surface area (Å²) >= 11 is 0. The molecule has 1 aliphatic carbocycles. The van der Waals surface area contributed by atoms with Crippen molar-refractivity contribution in [3.63, 3.8) is 0 Å². The highest BCUT2D eigenvalue weighted by atomic mass is 16.2. The van der Waals surface area contributed by atoms with Gasteiger partial charge in [0, 0.05) is 6.04 Å². The summed E-state index contributed by atoms with van der Waals surface area (Å²) in [7, 11) is 0. The van der Waals surface area contributed by atoms with Gasteiger partial charge in [0.05, 0.1) is 6.07 Å². The zero-order valence-electron chi connectivity index (χ0n) is 12.7. The molecule has 3 nitrogen and oxygen atoms in total. The largest absolute Gasteiger partial charge is 0.352 e. The van der Waals surface area contributed by atoms with E-state index in [2.05, 4.69) is 18.3 Å². The summed E-state index contributed by atoms with van der Waals surface area (Å²) in [4.78, 5) is 12.5. The Hall–Kier alpha value is -1.04. The second-order valence-electron chi connectivity index (χ2n) is 5.95. The van der Waals surface area contributed by atoms with Crippen LogP contribution in [0.5, 0.6) is 0 Å². The number of carbonyl (C=O) groups is 1. The van der Waals surface area contributed by atoms with Crippen LogP contribution in [0.4, 0.5) is 0 Å². The maximum absolute atomic E-state index is 12.5. The van der Waals surface area contributed by atoms with Crippen LogP contribution in [-0.2, 0) is 4.79 Å². The molecule has 1 N–H and O–H groups in total. The molecule has 0 saturated heterocycles. The van der Waals surface area contributed by atoms with Crippen molar-refractivity contribution in [1.82, 2.24) is 5.32 Å². The Labute approximate surface area is 117 Å². The Morgan fingerprint density at radius 2 is 1.89 bits per heavy atom. The number of nitrogens with one attached hydrogen (secondary N) is 1. The van der Waals surface area contributed by atoms with Gasteiger partial charge in [-0.1, -0.05) is 46.5 Å². The van der Waals surface area contributed by atoms with Gasteiger partial charge in [-0.2, -0.15) is 5.26 Å².